The molecule has 0 saturated carbocycles. The zero-order valence-corrected chi connectivity index (χ0v) is 7.75. The molecular weight excluding hydrogens is 208 g/mol. The van der Waals surface area contributed by atoms with Crippen LogP contribution in [0.3, 0.4) is 0 Å². The first kappa shape index (κ1) is 10.5. The van der Waals surface area contributed by atoms with Gasteiger partial charge in [-0.05, 0) is 18.2 Å². The maximum Gasteiger partial charge on any atom is 0.259 e. The first-order valence-electron chi connectivity index (χ1n) is 3.54. The van der Waals surface area contributed by atoms with E-state index in [2.05, 4.69) is 10.0 Å². The van der Waals surface area contributed by atoms with E-state index in [9.17, 15) is 14.1 Å². The number of anilines is 2. The predicted octanol–water partition coefficient (Wildman–Crippen LogP) is 0.509. The highest BCUT2D eigenvalue weighted by molar-refractivity contribution is 7.80. The monoisotopic (exact) mass is 216 g/mol. The Morgan fingerprint density at radius 1 is 1.43 bits per heavy atom. The topological polar surface area (TPSA) is 98.7 Å². The van der Waals surface area contributed by atoms with E-state index in [-0.39, 0.29) is 11.4 Å². The van der Waals surface area contributed by atoms with Crippen LogP contribution in [0.4, 0.5) is 11.4 Å². The van der Waals surface area contributed by atoms with Crippen molar-refractivity contribution in [2.75, 3.05) is 10.0 Å². The van der Waals surface area contributed by atoms with E-state index in [1.807, 2.05) is 0 Å². The normalized spacial score (nSPS) is 11.8. The molecule has 1 rings (SSSR count). The van der Waals surface area contributed by atoms with Gasteiger partial charge in [-0.15, -0.1) is 0 Å². The number of nitrogens with one attached hydrogen (secondary N) is 2. The smallest absolute Gasteiger partial charge is 0.259 e. The first-order valence-corrected chi connectivity index (χ1v) is 4.65. The molecule has 0 heterocycles. The summed E-state index contributed by atoms with van der Waals surface area (Å²) in [6, 6.07) is 4.03. The van der Waals surface area contributed by atoms with Gasteiger partial charge in [0.05, 0.1) is 11.4 Å². The molecule has 1 amide bonds. The van der Waals surface area contributed by atoms with E-state index in [1.165, 1.54) is 18.2 Å². The van der Waals surface area contributed by atoms with Crippen molar-refractivity contribution in [2.24, 2.45) is 0 Å². The second-order valence-electron chi connectivity index (χ2n) is 2.35. The van der Waals surface area contributed by atoms with Gasteiger partial charge in [0.1, 0.15) is 5.75 Å². The lowest BCUT2D eigenvalue weighted by Crippen LogP contribution is -2.02. The van der Waals surface area contributed by atoms with Gasteiger partial charge in [-0.1, -0.05) is 0 Å². The predicted molar refractivity (Wildman–Crippen MR) is 52.2 cm³/mol. The Bertz CT molecular complexity index is 369. The van der Waals surface area contributed by atoms with Gasteiger partial charge in [-0.3, -0.25) is 14.1 Å². The fourth-order valence-electron chi connectivity index (χ4n) is 0.879. The Hall–Kier alpha value is -1.60. The minimum atomic E-state index is -2.18. The molecule has 0 spiro atoms. The molecule has 0 aromatic heterocycles. The number of phenolic OH excluding ortho intramolecular Hbond substituents is 1. The molecule has 14 heavy (non-hydrogen) atoms. The molecule has 1 aromatic rings. The molecule has 4 N–H and O–H groups in total. The highest BCUT2D eigenvalue weighted by atomic mass is 32.2. The lowest BCUT2D eigenvalue weighted by molar-refractivity contribution is -0.105. The van der Waals surface area contributed by atoms with Gasteiger partial charge >= 0.3 is 0 Å². The number of benzene rings is 1. The number of carbonyl (C=O) groups excluding carboxylic acids is 1. The van der Waals surface area contributed by atoms with E-state index < -0.39 is 11.3 Å². The van der Waals surface area contributed by atoms with E-state index in [0.717, 1.165) is 0 Å². The van der Waals surface area contributed by atoms with Crippen molar-refractivity contribution in [2.45, 2.75) is 0 Å². The average molecular weight is 216 g/mol. The van der Waals surface area contributed by atoms with Crippen molar-refractivity contribution in [1.82, 2.24) is 0 Å². The van der Waals surface area contributed by atoms with Gasteiger partial charge in [0.25, 0.3) is 11.3 Å². The number of amides is 1. The van der Waals surface area contributed by atoms with Crippen LogP contribution in [0.1, 0.15) is 0 Å². The van der Waals surface area contributed by atoms with Gasteiger partial charge in [-0.25, -0.2) is 4.21 Å². The molecule has 76 valence electrons. The Kier molecular flexibility index (Phi) is 3.43. The fraction of sp³-hybridized carbons (Fsp3) is 0. The van der Waals surface area contributed by atoms with Crippen molar-refractivity contribution in [3.05, 3.63) is 18.2 Å². The number of hydrogen-bond donors (Lipinski definition) is 4. The molecule has 0 fully saturated rings. The third-order valence-electron chi connectivity index (χ3n) is 1.42. The largest absolute Gasteiger partial charge is 0.506 e. The van der Waals surface area contributed by atoms with Gasteiger partial charge in [0, 0.05) is 0 Å². The number of carbonyl (C=O) groups is 1. The molecule has 1 aromatic carbocycles. The molecule has 0 saturated heterocycles. The molecule has 7 heteroatoms. The summed E-state index contributed by atoms with van der Waals surface area (Å²) in [5.41, 5.74) is 0.475. The van der Waals surface area contributed by atoms with E-state index >= 15 is 0 Å². The van der Waals surface area contributed by atoms with E-state index in [0.29, 0.717) is 12.1 Å². The van der Waals surface area contributed by atoms with Crippen LogP contribution in [0.25, 0.3) is 0 Å². The van der Waals surface area contributed by atoms with E-state index in [1.54, 1.807) is 0 Å². The van der Waals surface area contributed by atoms with Crippen molar-refractivity contribution in [3.63, 3.8) is 0 Å². The molecular formula is C7H8N2O4S. The van der Waals surface area contributed by atoms with Crippen LogP contribution in [0.2, 0.25) is 0 Å². The van der Waals surface area contributed by atoms with Crippen LogP contribution < -0.4 is 10.0 Å². The minimum absolute atomic E-state index is 0.119. The number of phenols is 1. The van der Waals surface area contributed by atoms with Crippen molar-refractivity contribution < 1.29 is 18.7 Å². The SMILES string of the molecule is O=CNc1cc(NS(=O)O)ccc1O. The third-order valence-corrected chi connectivity index (χ3v) is 1.83. The summed E-state index contributed by atoms with van der Waals surface area (Å²) in [6.45, 7) is 0. The summed E-state index contributed by atoms with van der Waals surface area (Å²) >= 11 is -2.18. The van der Waals surface area contributed by atoms with E-state index in [4.69, 9.17) is 4.55 Å². The lowest BCUT2D eigenvalue weighted by atomic mass is 10.2. The summed E-state index contributed by atoms with van der Waals surface area (Å²) in [6.07, 6.45) is 0.398. The zero-order chi connectivity index (χ0) is 10.6. The summed E-state index contributed by atoms with van der Waals surface area (Å²) in [4.78, 5) is 10.1. The second-order valence-corrected chi connectivity index (χ2v) is 3.05. The number of rotatable bonds is 4. The van der Waals surface area contributed by atoms with Gasteiger partial charge < -0.3 is 10.4 Å². The number of aromatic hydroxyl groups is 1. The van der Waals surface area contributed by atoms with Crippen LogP contribution in [0.5, 0.6) is 5.75 Å². The molecule has 1 unspecified atom stereocenters. The van der Waals surface area contributed by atoms with Crippen LogP contribution >= 0.6 is 0 Å². The molecule has 0 aliphatic rings. The first-order chi connectivity index (χ1) is 6.63. The number of hydrogen-bond acceptors (Lipinski definition) is 3. The van der Waals surface area contributed by atoms with Gasteiger partial charge in [0.15, 0.2) is 0 Å². The summed E-state index contributed by atoms with van der Waals surface area (Å²) < 4.78 is 21.1. The Morgan fingerprint density at radius 2 is 2.14 bits per heavy atom. The summed E-state index contributed by atoms with van der Waals surface area (Å²) in [5.74, 6) is -0.119. The van der Waals surface area contributed by atoms with Crippen LogP contribution in [0, 0.1) is 0 Å². The highest BCUT2D eigenvalue weighted by Gasteiger charge is 2.02. The molecule has 0 aliphatic heterocycles. The standard InChI is InChI=1S/C7H8N2O4S/c10-4-8-6-3-5(9-14(12)13)1-2-7(6)11/h1-4,9,11H,(H,8,10)(H,12,13). The van der Waals surface area contributed by atoms with Gasteiger partial charge in [-0.2, -0.15) is 0 Å². The molecule has 0 bridgehead atoms. The molecule has 1 atom stereocenters. The van der Waals surface area contributed by atoms with Crippen molar-refractivity contribution in [3.8, 4) is 5.75 Å². The summed E-state index contributed by atoms with van der Waals surface area (Å²) in [5, 5.41) is 11.5. The van der Waals surface area contributed by atoms with Crippen LogP contribution in [0.15, 0.2) is 18.2 Å². The average Bonchev–Trinajstić information content (AvgIpc) is 2.10. The Morgan fingerprint density at radius 3 is 2.71 bits per heavy atom. The zero-order valence-electron chi connectivity index (χ0n) is 6.93. The summed E-state index contributed by atoms with van der Waals surface area (Å²) in [7, 11) is 0. The molecule has 6 nitrogen and oxygen atoms in total. The van der Waals surface area contributed by atoms with Crippen LogP contribution in [-0.4, -0.2) is 20.3 Å². The second kappa shape index (κ2) is 4.58. The molecule has 0 aliphatic carbocycles. The third kappa shape index (κ3) is 2.71. The van der Waals surface area contributed by atoms with Gasteiger partial charge in [0.2, 0.25) is 6.41 Å². The minimum Gasteiger partial charge on any atom is -0.506 e. The Labute approximate surface area is 82.4 Å². The quantitative estimate of drug-likeness (QED) is 0.255. The van der Waals surface area contributed by atoms with Crippen molar-refractivity contribution >= 4 is 29.1 Å². The maximum absolute atomic E-state index is 10.4. The Balaban J connectivity index is 2.93. The maximum atomic E-state index is 10.4. The molecule has 0 radical (unpaired) electrons. The van der Waals surface area contributed by atoms with Crippen molar-refractivity contribution in [1.29, 1.82) is 0 Å². The fourth-order valence-corrected chi connectivity index (χ4v) is 1.21. The lowest BCUT2D eigenvalue weighted by Gasteiger charge is -2.05. The highest BCUT2D eigenvalue weighted by Crippen LogP contribution is 2.26. The van der Waals surface area contributed by atoms with Crippen LogP contribution in [-0.2, 0) is 16.1 Å².